The smallest absolute Gasteiger partial charge is 0.305 e. The fourth-order valence-corrected chi connectivity index (χ4v) is 2.25. The molecular weight excluding hydrogens is 300 g/mol. The van der Waals surface area contributed by atoms with Gasteiger partial charge >= 0.3 is 5.97 Å². The van der Waals surface area contributed by atoms with Crippen molar-refractivity contribution < 1.29 is 14.7 Å². The average molecular weight is 318 g/mol. The van der Waals surface area contributed by atoms with Crippen molar-refractivity contribution in [3.63, 3.8) is 0 Å². The maximum atomic E-state index is 12.5. The van der Waals surface area contributed by atoms with Crippen LogP contribution in [0.25, 0.3) is 10.9 Å². The Morgan fingerprint density at radius 3 is 2.78 bits per heavy atom. The van der Waals surface area contributed by atoms with E-state index in [9.17, 15) is 14.4 Å². The van der Waals surface area contributed by atoms with Crippen molar-refractivity contribution >= 4 is 22.8 Å². The highest BCUT2D eigenvalue weighted by Gasteiger charge is 2.23. The fraction of sp³-hybridized carbons (Fsp3) is 0.400. The summed E-state index contributed by atoms with van der Waals surface area (Å²) >= 11 is 0. The third-order valence-electron chi connectivity index (χ3n) is 3.39. The summed E-state index contributed by atoms with van der Waals surface area (Å²) in [6.07, 6.45) is 0.896. The first-order chi connectivity index (χ1) is 11.0. The second-order valence-corrected chi connectivity index (χ2v) is 5.10. The van der Waals surface area contributed by atoms with Crippen molar-refractivity contribution in [1.29, 1.82) is 0 Å². The van der Waals surface area contributed by atoms with E-state index in [1.807, 2.05) is 6.92 Å². The van der Waals surface area contributed by atoms with Crippen molar-refractivity contribution in [2.75, 3.05) is 6.54 Å². The molecule has 0 aliphatic heterocycles. The zero-order valence-electron chi connectivity index (χ0n) is 12.7. The summed E-state index contributed by atoms with van der Waals surface area (Å²) in [7, 11) is 0. The second-order valence-electron chi connectivity index (χ2n) is 5.10. The summed E-state index contributed by atoms with van der Waals surface area (Å²) < 4.78 is 1.07. The number of nitrogens with zero attached hydrogens (tertiary/aromatic N) is 3. The second kappa shape index (κ2) is 7.48. The van der Waals surface area contributed by atoms with Crippen molar-refractivity contribution in [2.24, 2.45) is 0 Å². The molecule has 8 nitrogen and oxygen atoms in total. The van der Waals surface area contributed by atoms with Gasteiger partial charge in [0.25, 0.3) is 5.56 Å². The van der Waals surface area contributed by atoms with Crippen molar-refractivity contribution in [2.45, 2.75) is 32.2 Å². The number of aliphatic carboxylic acids is 1. The fourth-order valence-electron chi connectivity index (χ4n) is 2.25. The summed E-state index contributed by atoms with van der Waals surface area (Å²) in [4.78, 5) is 35.3. The lowest BCUT2D eigenvalue weighted by Gasteiger charge is -2.17. The number of hydrogen-bond donors (Lipinski definition) is 2. The number of carboxylic acids is 1. The molecular formula is C15H18N4O4. The van der Waals surface area contributed by atoms with E-state index < -0.39 is 17.9 Å². The van der Waals surface area contributed by atoms with E-state index in [1.54, 1.807) is 24.3 Å². The lowest BCUT2D eigenvalue weighted by molar-refractivity contribution is -0.137. The lowest BCUT2D eigenvalue weighted by atomic mass is 10.1. The summed E-state index contributed by atoms with van der Waals surface area (Å²) in [6, 6.07) is 5.98. The molecule has 0 aliphatic rings. The van der Waals surface area contributed by atoms with Crippen LogP contribution >= 0.6 is 0 Å². The number of nitrogens with one attached hydrogen (secondary N) is 1. The third kappa shape index (κ3) is 3.91. The molecule has 1 aromatic heterocycles. The molecule has 2 aromatic rings. The van der Waals surface area contributed by atoms with E-state index in [0.29, 0.717) is 23.7 Å². The minimum Gasteiger partial charge on any atom is -0.481 e. The van der Waals surface area contributed by atoms with Gasteiger partial charge in [-0.25, -0.2) is 0 Å². The van der Waals surface area contributed by atoms with Crippen LogP contribution < -0.4 is 10.9 Å². The summed E-state index contributed by atoms with van der Waals surface area (Å²) in [6.45, 7) is 1.89. The monoisotopic (exact) mass is 318 g/mol. The maximum Gasteiger partial charge on any atom is 0.305 e. The van der Waals surface area contributed by atoms with Crippen molar-refractivity contribution in [3.05, 3.63) is 34.6 Å². The van der Waals surface area contributed by atoms with Crippen LogP contribution in [0, 0.1) is 0 Å². The first-order valence-electron chi connectivity index (χ1n) is 7.38. The number of amides is 1. The molecule has 1 aromatic carbocycles. The lowest BCUT2D eigenvalue weighted by Crippen LogP contribution is -2.39. The average Bonchev–Trinajstić information content (AvgIpc) is 2.53. The maximum absolute atomic E-state index is 12.5. The van der Waals surface area contributed by atoms with Gasteiger partial charge < -0.3 is 10.4 Å². The molecule has 0 fully saturated rings. The largest absolute Gasteiger partial charge is 0.481 e. The standard InChI is InChI=1S/C15H18N4O4/c1-2-5-12(14(22)16-9-8-13(20)21)19-15(23)10-6-3-4-7-11(10)17-18-19/h3-4,6-7,12H,2,5,8-9H2,1H3,(H,16,22)(H,20,21)/t12-/m1/s1. The molecule has 0 spiro atoms. The number of benzene rings is 1. The summed E-state index contributed by atoms with van der Waals surface area (Å²) in [5, 5.41) is 19.4. The molecule has 1 amide bonds. The van der Waals surface area contributed by atoms with Gasteiger partial charge in [0.1, 0.15) is 11.6 Å². The Bertz CT molecular complexity index is 771. The van der Waals surface area contributed by atoms with Gasteiger partial charge in [0.05, 0.1) is 11.8 Å². The van der Waals surface area contributed by atoms with Gasteiger partial charge in [-0.3, -0.25) is 14.4 Å². The number of carbonyl (C=O) groups is 2. The highest BCUT2D eigenvalue weighted by atomic mass is 16.4. The Hall–Kier alpha value is -2.77. The predicted octanol–water partition coefficient (Wildman–Crippen LogP) is 0.724. The molecule has 0 aliphatic carbocycles. The SMILES string of the molecule is CCC[C@H](C(=O)NCCC(=O)O)n1nnc2ccccc2c1=O. The molecule has 23 heavy (non-hydrogen) atoms. The number of hydrogen-bond acceptors (Lipinski definition) is 5. The minimum atomic E-state index is -1.000. The molecule has 0 unspecified atom stereocenters. The Morgan fingerprint density at radius 2 is 2.09 bits per heavy atom. The van der Waals surface area contributed by atoms with Crippen LogP contribution in [-0.2, 0) is 9.59 Å². The van der Waals surface area contributed by atoms with Gasteiger partial charge in [0.15, 0.2) is 0 Å². The van der Waals surface area contributed by atoms with E-state index in [4.69, 9.17) is 5.11 Å². The highest BCUT2D eigenvalue weighted by Crippen LogP contribution is 2.12. The van der Waals surface area contributed by atoms with Gasteiger partial charge in [-0.2, -0.15) is 4.68 Å². The molecule has 1 heterocycles. The topological polar surface area (TPSA) is 114 Å². The van der Waals surface area contributed by atoms with Crippen LogP contribution in [0.15, 0.2) is 29.1 Å². The first-order valence-corrected chi connectivity index (χ1v) is 7.38. The van der Waals surface area contributed by atoms with Crippen LogP contribution in [0.1, 0.15) is 32.2 Å². The predicted molar refractivity (Wildman–Crippen MR) is 83.0 cm³/mol. The number of aromatic nitrogens is 3. The third-order valence-corrected chi connectivity index (χ3v) is 3.39. The Kier molecular flexibility index (Phi) is 5.40. The molecule has 0 bridgehead atoms. The van der Waals surface area contributed by atoms with Crippen LogP contribution in [-0.4, -0.2) is 38.5 Å². The summed E-state index contributed by atoms with van der Waals surface area (Å²) in [5.41, 5.74) is 0.0812. The quantitative estimate of drug-likeness (QED) is 0.777. The number of carboxylic acid groups (broad SMARTS) is 1. The Balaban J connectivity index is 2.30. The zero-order valence-corrected chi connectivity index (χ0v) is 12.7. The van der Waals surface area contributed by atoms with Gasteiger partial charge in [-0.05, 0) is 18.6 Å². The van der Waals surface area contributed by atoms with Crippen LogP contribution in [0.5, 0.6) is 0 Å². The van der Waals surface area contributed by atoms with Gasteiger partial charge in [-0.1, -0.05) is 30.7 Å². The van der Waals surface area contributed by atoms with Crippen molar-refractivity contribution in [3.8, 4) is 0 Å². The van der Waals surface area contributed by atoms with E-state index in [2.05, 4.69) is 15.6 Å². The normalized spacial score (nSPS) is 12.0. The van der Waals surface area contributed by atoms with Crippen LogP contribution in [0.2, 0.25) is 0 Å². The molecule has 2 rings (SSSR count). The van der Waals surface area contributed by atoms with Crippen LogP contribution in [0.4, 0.5) is 0 Å². The number of carbonyl (C=O) groups excluding carboxylic acids is 1. The van der Waals surface area contributed by atoms with Gasteiger partial charge in [-0.15, -0.1) is 5.10 Å². The molecule has 2 N–H and O–H groups in total. The zero-order chi connectivity index (χ0) is 16.8. The Morgan fingerprint density at radius 1 is 1.35 bits per heavy atom. The van der Waals surface area contributed by atoms with Crippen molar-refractivity contribution in [1.82, 2.24) is 20.3 Å². The molecule has 0 saturated heterocycles. The van der Waals surface area contributed by atoms with Gasteiger partial charge in [0.2, 0.25) is 5.91 Å². The van der Waals surface area contributed by atoms with E-state index in [-0.39, 0.29) is 18.5 Å². The molecule has 8 heteroatoms. The highest BCUT2D eigenvalue weighted by molar-refractivity contribution is 5.81. The first kappa shape index (κ1) is 16.6. The minimum absolute atomic E-state index is 0.00411. The van der Waals surface area contributed by atoms with E-state index >= 15 is 0 Å². The number of fused-ring (bicyclic) bond motifs is 1. The molecule has 1 atom stereocenters. The molecule has 122 valence electrons. The van der Waals surface area contributed by atoms with E-state index in [0.717, 1.165) is 4.68 Å². The van der Waals surface area contributed by atoms with E-state index in [1.165, 1.54) is 0 Å². The molecule has 0 saturated carbocycles. The Labute approximate surface area is 132 Å². The molecule has 0 radical (unpaired) electrons. The van der Waals surface area contributed by atoms with Crippen LogP contribution in [0.3, 0.4) is 0 Å². The summed E-state index contributed by atoms with van der Waals surface area (Å²) in [5.74, 6) is -1.43. The van der Waals surface area contributed by atoms with Gasteiger partial charge in [0, 0.05) is 6.54 Å². The number of rotatable bonds is 7.